The number of aryl methyl sites for hydroxylation is 1. The van der Waals surface area contributed by atoms with Crippen molar-refractivity contribution in [3.8, 4) is 5.88 Å². The molecule has 0 saturated carbocycles. The fourth-order valence-corrected chi connectivity index (χ4v) is 1.86. The van der Waals surface area contributed by atoms with Crippen molar-refractivity contribution < 1.29 is 9.13 Å². The number of pyridine rings is 1. The minimum Gasteiger partial charge on any atom is -0.479 e. The maximum absolute atomic E-state index is 13.2. The van der Waals surface area contributed by atoms with E-state index in [1.807, 2.05) is 26.0 Å². The van der Waals surface area contributed by atoms with Gasteiger partial charge in [-0.15, -0.1) is 0 Å². The molecule has 0 bridgehead atoms. The standard InChI is InChI=1S/C14H17FN4O/c1-9-5-4-6-16-12(9)7-10(2)18-14-17-8-11(15)13(19-14)20-3/h4-6,8,10H,7H2,1-3H3,(H,17,18,19). The molecule has 0 aliphatic carbocycles. The quantitative estimate of drug-likeness (QED) is 0.908. The molecule has 0 fully saturated rings. The first kappa shape index (κ1) is 14.2. The molecule has 0 aromatic carbocycles. The van der Waals surface area contributed by atoms with Gasteiger partial charge in [0.1, 0.15) is 0 Å². The summed E-state index contributed by atoms with van der Waals surface area (Å²) in [6.45, 7) is 4.01. The summed E-state index contributed by atoms with van der Waals surface area (Å²) in [6.07, 6.45) is 3.59. The van der Waals surface area contributed by atoms with Crippen LogP contribution in [0.15, 0.2) is 24.5 Å². The van der Waals surface area contributed by atoms with Crippen LogP contribution in [0.2, 0.25) is 0 Å². The summed E-state index contributed by atoms with van der Waals surface area (Å²) in [5.74, 6) is -0.306. The largest absolute Gasteiger partial charge is 0.479 e. The predicted molar refractivity (Wildman–Crippen MR) is 74.3 cm³/mol. The highest BCUT2D eigenvalue weighted by Crippen LogP contribution is 2.15. The monoisotopic (exact) mass is 276 g/mol. The fraction of sp³-hybridized carbons (Fsp3) is 0.357. The Morgan fingerprint density at radius 2 is 2.20 bits per heavy atom. The van der Waals surface area contributed by atoms with Crippen LogP contribution in [0.3, 0.4) is 0 Å². The number of ether oxygens (including phenoxy) is 1. The fourth-order valence-electron chi connectivity index (χ4n) is 1.86. The molecule has 106 valence electrons. The van der Waals surface area contributed by atoms with Gasteiger partial charge in [-0.3, -0.25) is 4.98 Å². The molecule has 0 spiro atoms. The highest BCUT2D eigenvalue weighted by molar-refractivity contribution is 5.30. The lowest BCUT2D eigenvalue weighted by molar-refractivity contribution is 0.367. The van der Waals surface area contributed by atoms with E-state index in [2.05, 4.69) is 20.3 Å². The van der Waals surface area contributed by atoms with Crippen LogP contribution in [0.4, 0.5) is 10.3 Å². The number of nitrogens with zero attached hydrogens (tertiary/aromatic N) is 3. The van der Waals surface area contributed by atoms with Crippen LogP contribution in [0.5, 0.6) is 5.88 Å². The molecule has 0 aliphatic rings. The van der Waals surface area contributed by atoms with Gasteiger partial charge in [-0.25, -0.2) is 4.98 Å². The number of anilines is 1. The Balaban J connectivity index is 2.05. The topological polar surface area (TPSA) is 59.9 Å². The summed E-state index contributed by atoms with van der Waals surface area (Å²) in [7, 11) is 1.37. The Morgan fingerprint density at radius 3 is 2.90 bits per heavy atom. The van der Waals surface area contributed by atoms with E-state index in [1.54, 1.807) is 6.20 Å². The second-order valence-electron chi connectivity index (χ2n) is 4.57. The number of nitrogens with one attached hydrogen (secondary N) is 1. The van der Waals surface area contributed by atoms with Crippen molar-refractivity contribution in [1.29, 1.82) is 0 Å². The molecule has 1 unspecified atom stereocenters. The first-order valence-electron chi connectivity index (χ1n) is 6.33. The second kappa shape index (κ2) is 6.27. The predicted octanol–water partition coefficient (Wildman–Crippen LogP) is 2.37. The Bertz CT molecular complexity index is 591. The summed E-state index contributed by atoms with van der Waals surface area (Å²) in [4.78, 5) is 12.2. The Morgan fingerprint density at radius 1 is 1.40 bits per heavy atom. The normalized spacial score (nSPS) is 12.0. The highest BCUT2D eigenvalue weighted by Gasteiger charge is 2.11. The lowest BCUT2D eigenvalue weighted by Crippen LogP contribution is -2.21. The van der Waals surface area contributed by atoms with Crippen molar-refractivity contribution in [3.05, 3.63) is 41.6 Å². The number of hydrogen-bond donors (Lipinski definition) is 1. The van der Waals surface area contributed by atoms with Crippen molar-refractivity contribution in [2.24, 2.45) is 0 Å². The van der Waals surface area contributed by atoms with Crippen LogP contribution in [-0.2, 0) is 6.42 Å². The van der Waals surface area contributed by atoms with Crippen molar-refractivity contribution in [2.75, 3.05) is 12.4 Å². The maximum Gasteiger partial charge on any atom is 0.255 e. The lowest BCUT2D eigenvalue weighted by Gasteiger charge is -2.14. The van der Waals surface area contributed by atoms with Gasteiger partial charge >= 0.3 is 0 Å². The Hall–Kier alpha value is -2.24. The maximum atomic E-state index is 13.2. The first-order chi connectivity index (χ1) is 9.60. The van der Waals surface area contributed by atoms with Gasteiger partial charge in [0.05, 0.1) is 13.3 Å². The van der Waals surface area contributed by atoms with E-state index in [4.69, 9.17) is 4.74 Å². The minimum atomic E-state index is -0.578. The average Bonchev–Trinajstić information content (AvgIpc) is 2.43. The third-order valence-electron chi connectivity index (χ3n) is 2.90. The number of aromatic nitrogens is 3. The number of hydrogen-bond acceptors (Lipinski definition) is 5. The van der Waals surface area contributed by atoms with E-state index < -0.39 is 5.82 Å². The van der Waals surface area contributed by atoms with Crippen LogP contribution in [0.1, 0.15) is 18.2 Å². The molecule has 2 aromatic rings. The van der Waals surface area contributed by atoms with Crippen molar-refractivity contribution in [2.45, 2.75) is 26.3 Å². The third kappa shape index (κ3) is 3.40. The second-order valence-corrected chi connectivity index (χ2v) is 4.57. The molecule has 5 nitrogen and oxygen atoms in total. The summed E-state index contributed by atoms with van der Waals surface area (Å²) in [5, 5.41) is 3.11. The van der Waals surface area contributed by atoms with Crippen molar-refractivity contribution in [3.63, 3.8) is 0 Å². The summed E-state index contributed by atoms with van der Waals surface area (Å²) in [5.41, 5.74) is 2.15. The van der Waals surface area contributed by atoms with Crippen LogP contribution in [0.25, 0.3) is 0 Å². The Kier molecular flexibility index (Phi) is 4.45. The van der Waals surface area contributed by atoms with E-state index >= 15 is 0 Å². The molecule has 0 saturated heterocycles. The molecule has 1 N–H and O–H groups in total. The zero-order valence-electron chi connectivity index (χ0n) is 11.7. The highest BCUT2D eigenvalue weighted by atomic mass is 19.1. The molecule has 2 aromatic heterocycles. The molecule has 0 amide bonds. The molecular formula is C14H17FN4O. The van der Waals surface area contributed by atoms with Gasteiger partial charge in [0.2, 0.25) is 11.8 Å². The van der Waals surface area contributed by atoms with Crippen LogP contribution >= 0.6 is 0 Å². The first-order valence-corrected chi connectivity index (χ1v) is 6.33. The molecule has 0 aliphatic heterocycles. The van der Waals surface area contributed by atoms with Crippen LogP contribution in [-0.4, -0.2) is 28.1 Å². The van der Waals surface area contributed by atoms with E-state index in [9.17, 15) is 4.39 Å². The van der Waals surface area contributed by atoms with E-state index in [-0.39, 0.29) is 11.9 Å². The zero-order chi connectivity index (χ0) is 14.5. The molecule has 1 atom stereocenters. The van der Waals surface area contributed by atoms with E-state index in [1.165, 1.54) is 7.11 Å². The summed E-state index contributed by atoms with van der Waals surface area (Å²) in [6, 6.07) is 4.00. The number of rotatable bonds is 5. The lowest BCUT2D eigenvalue weighted by atomic mass is 10.1. The molecule has 2 heterocycles. The van der Waals surface area contributed by atoms with E-state index in [0.29, 0.717) is 5.95 Å². The van der Waals surface area contributed by atoms with Gasteiger partial charge in [0, 0.05) is 24.4 Å². The van der Waals surface area contributed by atoms with Gasteiger partial charge < -0.3 is 10.1 Å². The average molecular weight is 276 g/mol. The summed E-state index contributed by atoms with van der Waals surface area (Å²) < 4.78 is 18.0. The molecule has 20 heavy (non-hydrogen) atoms. The number of methoxy groups -OCH3 is 1. The molecule has 2 rings (SSSR count). The molecular weight excluding hydrogens is 259 g/mol. The van der Waals surface area contributed by atoms with Gasteiger partial charge in [-0.05, 0) is 25.5 Å². The zero-order valence-corrected chi connectivity index (χ0v) is 11.7. The number of halogens is 1. The smallest absolute Gasteiger partial charge is 0.255 e. The van der Waals surface area contributed by atoms with Crippen molar-refractivity contribution >= 4 is 5.95 Å². The SMILES string of the molecule is COc1nc(NC(C)Cc2ncccc2C)ncc1F. The van der Waals surface area contributed by atoms with E-state index in [0.717, 1.165) is 23.9 Å². The Labute approximate surface area is 117 Å². The van der Waals surface area contributed by atoms with Gasteiger partial charge in [-0.1, -0.05) is 6.07 Å². The van der Waals surface area contributed by atoms with Crippen molar-refractivity contribution in [1.82, 2.24) is 15.0 Å². The van der Waals surface area contributed by atoms with Gasteiger partial charge in [0.15, 0.2) is 0 Å². The minimum absolute atomic E-state index is 0.0660. The van der Waals surface area contributed by atoms with Crippen LogP contribution in [0, 0.1) is 12.7 Å². The third-order valence-corrected chi connectivity index (χ3v) is 2.90. The van der Waals surface area contributed by atoms with Gasteiger partial charge in [-0.2, -0.15) is 9.37 Å². The van der Waals surface area contributed by atoms with Crippen LogP contribution < -0.4 is 10.1 Å². The van der Waals surface area contributed by atoms with Gasteiger partial charge in [0.25, 0.3) is 5.88 Å². The molecule has 0 radical (unpaired) electrons. The summed E-state index contributed by atoms with van der Waals surface area (Å²) >= 11 is 0. The molecule has 6 heteroatoms.